The third kappa shape index (κ3) is 3.24. The van der Waals surface area contributed by atoms with Gasteiger partial charge in [0.2, 0.25) is 0 Å². The molecule has 0 bridgehead atoms. The van der Waals surface area contributed by atoms with E-state index in [1.54, 1.807) is 6.92 Å². The summed E-state index contributed by atoms with van der Waals surface area (Å²) in [4.78, 5) is 21.9. The van der Waals surface area contributed by atoms with Gasteiger partial charge in [0.15, 0.2) is 5.79 Å². The van der Waals surface area contributed by atoms with Crippen molar-refractivity contribution >= 4 is 11.6 Å². The summed E-state index contributed by atoms with van der Waals surface area (Å²) in [6, 6.07) is 0. The van der Waals surface area contributed by atoms with E-state index in [-0.39, 0.29) is 24.4 Å². The maximum absolute atomic E-state index is 11.2. The van der Waals surface area contributed by atoms with Gasteiger partial charge in [-0.25, -0.2) is 0 Å². The molecular formula is C9H14O4. The zero-order valence-electron chi connectivity index (χ0n) is 7.96. The molecule has 13 heavy (non-hydrogen) atoms. The van der Waals surface area contributed by atoms with Crippen LogP contribution in [0.3, 0.4) is 0 Å². The lowest BCUT2D eigenvalue weighted by Crippen LogP contribution is -2.29. The minimum absolute atomic E-state index is 0.0255. The molecule has 1 fully saturated rings. The summed E-state index contributed by atoms with van der Waals surface area (Å²) in [5, 5.41) is 0. The first kappa shape index (κ1) is 10.3. The van der Waals surface area contributed by atoms with Crippen LogP contribution in [0.4, 0.5) is 0 Å². The van der Waals surface area contributed by atoms with Crippen molar-refractivity contribution in [2.45, 2.75) is 32.5 Å². The van der Waals surface area contributed by atoms with Crippen molar-refractivity contribution in [3.63, 3.8) is 0 Å². The fraction of sp³-hybridized carbons (Fsp3) is 0.778. The number of ketones is 2. The van der Waals surface area contributed by atoms with Gasteiger partial charge in [0.05, 0.1) is 26.1 Å². The predicted octanol–water partition coefficient (Wildman–Crippen LogP) is 0.688. The maximum atomic E-state index is 11.2. The van der Waals surface area contributed by atoms with Gasteiger partial charge in [-0.3, -0.25) is 9.59 Å². The number of ether oxygens (including phenoxy) is 2. The number of Topliss-reactive ketones (excluding diaryl/α,β-unsaturated/α-hetero) is 2. The Kier molecular flexibility index (Phi) is 3.17. The monoisotopic (exact) mass is 186 g/mol. The van der Waals surface area contributed by atoms with Gasteiger partial charge in [-0.15, -0.1) is 0 Å². The van der Waals surface area contributed by atoms with Gasteiger partial charge in [0.1, 0.15) is 11.6 Å². The molecule has 0 aromatic heterocycles. The molecule has 74 valence electrons. The average Bonchev–Trinajstić information content (AvgIpc) is 2.33. The van der Waals surface area contributed by atoms with Gasteiger partial charge in [-0.2, -0.15) is 0 Å². The second-order valence-electron chi connectivity index (χ2n) is 3.42. The van der Waals surface area contributed by atoms with Crippen LogP contribution in [0.1, 0.15) is 26.7 Å². The van der Waals surface area contributed by atoms with Crippen LogP contribution in [-0.4, -0.2) is 30.6 Å². The molecule has 0 amide bonds. The molecule has 4 heteroatoms. The topological polar surface area (TPSA) is 52.6 Å². The van der Waals surface area contributed by atoms with Gasteiger partial charge in [-0.05, 0) is 13.8 Å². The molecule has 0 radical (unpaired) electrons. The molecular weight excluding hydrogens is 172 g/mol. The van der Waals surface area contributed by atoms with E-state index in [0.717, 1.165) is 0 Å². The number of carbonyl (C=O) groups is 2. The molecule has 0 aliphatic carbocycles. The summed E-state index contributed by atoms with van der Waals surface area (Å²) in [5.74, 6) is -1.05. The van der Waals surface area contributed by atoms with Crippen LogP contribution in [0.2, 0.25) is 0 Å². The van der Waals surface area contributed by atoms with Crippen LogP contribution >= 0.6 is 0 Å². The van der Waals surface area contributed by atoms with E-state index < -0.39 is 5.79 Å². The Morgan fingerprint density at radius 2 is 1.85 bits per heavy atom. The summed E-state index contributed by atoms with van der Waals surface area (Å²) in [6.07, 6.45) is 0.134. The fourth-order valence-electron chi connectivity index (χ4n) is 1.36. The van der Waals surface area contributed by atoms with Crippen LogP contribution < -0.4 is 0 Å². The molecule has 0 spiro atoms. The highest BCUT2D eigenvalue weighted by molar-refractivity contribution is 5.98. The first-order chi connectivity index (χ1) is 6.02. The molecule has 0 saturated carbocycles. The summed E-state index contributed by atoms with van der Waals surface area (Å²) >= 11 is 0. The summed E-state index contributed by atoms with van der Waals surface area (Å²) in [7, 11) is 0. The van der Waals surface area contributed by atoms with Gasteiger partial charge in [0.25, 0.3) is 0 Å². The average molecular weight is 186 g/mol. The lowest BCUT2D eigenvalue weighted by molar-refractivity contribution is -0.158. The lowest BCUT2D eigenvalue weighted by Gasteiger charge is -2.20. The quantitative estimate of drug-likeness (QED) is 0.606. The molecule has 1 saturated heterocycles. The highest BCUT2D eigenvalue weighted by Gasteiger charge is 2.33. The molecule has 0 N–H and O–H groups in total. The zero-order valence-corrected chi connectivity index (χ0v) is 7.96. The molecule has 1 aliphatic rings. The lowest BCUT2D eigenvalue weighted by atomic mass is 10.1. The number of hydrogen-bond acceptors (Lipinski definition) is 4. The molecule has 0 aromatic carbocycles. The van der Waals surface area contributed by atoms with Crippen molar-refractivity contribution in [3.05, 3.63) is 0 Å². The fourth-order valence-corrected chi connectivity index (χ4v) is 1.36. The van der Waals surface area contributed by atoms with Crippen molar-refractivity contribution in [2.24, 2.45) is 0 Å². The second-order valence-corrected chi connectivity index (χ2v) is 3.42. The molecule has 1 aliphatic heterocycles. The number of rotatable bonds is 4. The Morgan fingerprint density at radius 3 is 2.31 bits per heavy atom. The van der Waals surface area contributed by atoms with Crippen molar-refractivity contribution in [1.82, 2.24) is 0 Å². The van der Waals surface area contributed by atoms with Crippen LogP contribution in [0.15, 0.2) is 0 Å². The largest absolute Gasteiger partial charge is 0.347 e. The Morgan fingerprint density at radius 1 is 1.31 bits per heavy atom. The third-order valence-electron chi connectivity index (χ3n) is 1.86. The minimum atomic E-state index is -0.799. The Balaban J connectivity index is 2.38. The SMILES string of the molecule is CC(=O)CC(=O)CC1(C)OCCO1. The van der Waals surface area contributed by atoms with E-state index in [0.29, 0.717) is 13.2 Å². The van der Waals surface area contributed by atoms with Crippen LogP contribution in [0.5, 0.6) is 0 Å². The predicted molar refractivity (Wildman–Crippen MR) is 45.2 cm³/mol. The minimum Gasteiger partial charge on any atom is -0.347 e. The van der Waals surface area contributed by atoms with Gasteiger partial charge in [0, 0.05) is 0 Å². The third-order valence-corrected chi connectivity index (χ3v) is 1.86. The molecule has 4 nitrogen and oxygen atoms in total. The standard InChI is InChI=1S/C9H14O4/c1-7(10)5-8(11)6-9(2)12-3-4-13-9/h3-6H2,1-2H3. The van der Waals surface area contributed by atoms with Crippen molar-refractivity contribution < 1.29 is 19.1 Å². The first-order valence-electron chi connectivity index (χ1n) is 4.31. The van der Waals surface area contributed by atoms with Crippen molar-refractivity contribution in [1.29, 1.82) is 0 Å². The van der Waals surface area contributed by atoms with E-state index in [4.69, 9.17) is 9.47 Å². The summed E-state index contributed by atoms with van der Waals surface area (Å²) in [6.45, 7) is 4.16. The van der Waals surface area contributed by atoms with Crippen LogP contribution in [0, 0.1) is 0 Å². The van der Waals surface area contributed by atoms with E-state index in [2.05, 4.69) is 0 Å². The molecule has 1 heterocycles. The van der Waals surface area contributed by atoms with Crippen LogP contribution in [-0.2, 0) is 19.1 Å². The molecule has 1 rings (SSSR count). The highest BCUT2D eigenvalue weighted by Crippen LogP contribution is 2.23. The van der Waals surface area contributed by atoms with E-state index in [1.165, 1.54) is 6.92 Å². The Labute approximate surface area is 77.2 Å². The van der Waals surface area contributed by atoms with E-state index in [1.807, 2.05) is 0 Å². The maximum Gasteiger partial charge on any atom is 0.172 e. The first-order valence-corrected chi connectivity index (χ1v) is 4.31. The molecule has 0 atom stereocenters. The zero-order chi connectivity index (χ0) is 9.90. The highest BCUT2D eigenvalue weighted by atomic mass is 16.7. The van der Waals surface area contributed by atoms with Gasteiger partial charge >= 0.3 is 0 Å². The summed E-state index contributed by atoms with van der Waals surface area (Å²) in [5.41, 5.74) is 0. The smallest absolute Gasteiger partial charge is 0.172 e. The Bertz CT molecular complexity index is 216. The molecule has 0 unspecified atom stereocenters. The van der Waals surface area contributed by atoms with E-state index >= 15 is 0 Å². The second kappa shape index (κ2) is 3.98. The van der Waals surface area contributed by atoms with Gasteiger partial charge < -0.3 is 9.47 Å². The molecule has 0 aromatic rings. The number of carbonyl (C=O) groups excluding carboxylic acids is 2. The van der Waals surface area contributed by atoms with Crippen molar-refractivity contribution in [2.75, 3.05) is 13.2 Å². The van der Waals surface area contributed by atoms with E-state index in [9.17, 15) is 9.59 Å². The van der Waals surface area contributed by atoms with Gasteiger partial charge in [-0.1, -0.05) is 0 Å². The normalized spacial score (nSPS) is 20.2. The number of hydrogen-bond donors (Lipinski definition) is 0. The summed E-state index contributed by atoms with van der Waals surface area (Å²) < 4.78 is 10.5. The van der Waals surface area contributed by atoms with Crippen molar-refractivity contribution in [3.8, 4) is 0 Å². The van der Waals surface area contributed by atoms with Crippen LogP contribution in [0.25, 0.3) is 0 Å². The Hall–Kier alpha value is -0.740.